The Morgan fingerprint density at radius 2 is 1.81 bits per heavy atom. The Morgan fingerprint density at radius 1 is 1.11 bits per heavy atom. The molecule has 10 heteroatoms. The van der Waals surface area contributed by atoms with Crippen LogP contribution in [0.3, 0.4) is 0 Å². The van der Waals surface area contributed by atoms with Gasteiger partial charge >= 0.3 is 6.03 Å². The van der Waals surface area contributed by atoms with Gasteiger partial charge in [0.1, 0.15) is 16.1 Å². The molecule has 0 aliphatic carbocycles. The minimum atomic E-state index is -0.500. The standard InChI is InChI=1S/C17H17Cl2N7O/c1-9-4-16(20-7-12(9)13-8-26(3)25-10(13)2)23-24-17(27)21-11-5-14(18)22-15(19)6-11/h4-8H,1-3H3,(H,20,23)(H2,21,22,24,27). The number of urea groups is 1. The maximum atomic E-state index is 12.0. The highest BCUT2D eigenvalue weighted by molar-refractivity contribution is 6.32. The summed E-state index contributed by atoms with van der Waals surface area (Å²) < 4.78 is 1.76. The summed E-state index contributed by atoms with van der Waals surface area (Å²) in [4.78, 5) is 20.1. The van der Waals surface area contributed by atoms with E-state index in [4.69, 9.17) is 23.2 Å². The summed E-state index contributed by atoms with van der Waals surface area (Å²) in [6.07, 6.45) is 3.69. The molecule has 0 aromatic carbocycles. The fourth-order valence-corrected chi connectivity index (χ4v) is 3.05. The Labute approximate surface area is 165 Å². The number of nitrogens with one attached hydrogen (secondary N) is 3. The first-order chi connectivity index (χ1) is 12.8. The Bertz CT molecular complexity index is 983. The van der Waals surface area contributed by atoms with Crippen molar-refractivity contribution in [3.63, 3.8) is 0 Å². The third-order valence-electron chi connectivity index (χ3n) is 3.74. The molecular formula is C17H17Cl2N7O. The van der Waals surface area contributed by atoms with Gasteiger partial charge in [-0.05, 0) is 37.6 Å². The van der Waals surface area contributed by atoms with Gasteiger partial charge in [0.25, 0.3) is 0 Å². The number of aryl methyl sites for hydroxylation is 3. The van der Waals surface area contributed by atoms with Crippen LogP contribution in [0.4, 0.5) is 16.3 Å². The van der Waals surface area contributed by atoms with Crippen molar-refractivity contribution >= 4 is 40.7 Å². The molecule has 2 amide bonds. The van der Waals surface area contributed by atoms with Crippen LogP contribution in [0.1, 0.15) is 11.3 Å². The quantitative estimate of drug-likeness (QED) is 0.450. The number of nitrogens with zero attached hydrogens (tertiary/aromatic N) is 4. The zero-order valence-electron chi connectivity index (χ0n) is 14.8. The average molecular weight is 406 g/mol. The van der Waals surface area contributed by atoms with Crippen LogP contribution in [-0.2, 0) is 7.05 Å². The van der Waals surface area contributed by atoms with E-state index in [2.05, 4.69) is 31.2 Å². The van der Waals surface area contributed by atoms with Crippen LogP contribution in [0.2, 0.25) is 10.3 Å². The van der Waals surface area contributed by atoms with E-state index in [0.29, 0.717) is 11.5 Å². The summed E-state index contributed by atoms with van der Waals surface area (Å²) in [6, 6.07) is 4.31. The molecular weight excluding hydrogens is 389 g/mol. The molecule has 3 aromatic rings. The highest BCUT2D eigenvalue weighted by Crippen LogP contribution is 2.26. The summed E-state index contributed by atoms with van der Waals surface area (Å²) in [6.45, 7) is 3.92. The minimum Gasteiger partial charge on any atom is -0.306 e. The predicted octanol–water partition coefficient (Wildman–Crippen LogP) is 3.95. The second-order valence-corrected chi connectivity index (χ2v) is 6.67. The third-order valence-corrected chi connectivity index (χ3v) is 4.13. The van der Waals surface area contributed by atoms with E-state index in [1.807, 2.05) is 33.2 Å². The molecule has 3 N–H and O–H groups in total. The number of halogens is 2. The molecule has 0 unspecified atom stereocenters. The van der Waals surface area contributed by atoms with Crippen molar-refractivity contribution in [3.05, 3.63) is 52.2 Å². The number of hydrogen-bond donors (Lipinski definition) is 3. The predicted molar refractivity (Wildman–Crippen MR) is 106 cm³/mol. The molecule has 0 spiro atoms. The molecule has 0 aliphatic rings. The first kappa shape index (κ1) is 18.9. The molecule has 3 rings (SSSR count). The van der Waals surface area contributed by atoms with Crippen LogP contribution in [0.25, 0.3) is 11.1 Å². The molecule has 0 radical (unpaired) electrons. The first-order valence-corrected chi connectivity index (χ1v) is 8.71. The van der Waals surface area contributed by atoms with Crippen molar-refractivity contribution in [3.8, 4) is 11.1 Å². The summed E-state index contributed by atoms with van der Waals surface area (Å²) in [7, 11) is 1.88. The number of rotatable bonds is 4. The van der Waals surface area contributed by atoms with Gasteiger partial charge in [-0.15, -0.1) is 0 Å². The molecule has 0 saturated heterocycles. The summed E-state index contributed by atoms with van der Waals surface area (Å²) in [5, 5.41) is 7.31. The fraction of sp³-hybridized carbons (Fsp3) is 0.176. The molecule has 0 atom stereocenters. The first-order valence-electron chi connectivity index (χ1n) is 7.95. The Morgan fingerprint density at radius 3 is 2.41 bits per heavy atom. The number of hydrogen-bond acceptors (Lipinski definition) is 5. The Kier molecular flexibility index (Phi) is 5.48. The lowest BCUT2D eigenvalue weighted by Crippen LogP contribution is -2.33. The van der Waals surface area contributed by atoms with Gasteiger partial charge in [0.05, 0.1) is 5.69 Å². The molecule has 8 nitrogen and oxygen atoms in total. The monoisotopic (exact) mass is 405 g/mol. The van der Waals surface area contributed by atoms with E-state index >= 15 is 0 Å². The van der Waals surface area contributed by atoms with E-state index < -0.39 is 6.03 Å². The molecule has 0 saturated carbocycles. The number of carbonyl (C=O) groups excluding carboxylic acids is 1. The van der Waals surface area contributed by atoms with Crippen molar-refractivity contribution in [2.45, 2.75) is 13.8 Å². The molecule has 3 aromatic heterocycles. The average Bonchev–Trinajstić information content (AvgIpc) is 2.90. The van der Waals surface area contributed by atoms with E-state index in [1.54, 1.807) is 10.9 Å². The van der Waals surface area contributed by atoms with Crippen molar-refractivity contribution in [2.75, 3.05) is 10.7 Å². The number of carbonyl (C=O) groups is 1. The number of hydrazine groups is 1. The van der Waals surface area contributed by atoms with Gasteiger partial charge < -0.3 is 5.32 Å². The van der Waals surface area contributed by atoms with E-state index in [9.17, 15) is 4.79 Å². The van der Waals surface area contributed by atoms with Gasteiger partial charge in [0, 0.05) is 36.3 Å². The molecule has 140 valence electrons. The van der Waals surface area contributed by atoms with Crippen LogP contribution < -0.4 is 16.2 Å². The lowest BCUT2D eigenvalue weighted by atomic mass is 10.0. The number of anilines is 2. The fourth-order valence-electron chi connectivity index (χ4n) is 2.59. The summed E-state index contributed by atoms with van der Waals surface area (Å²) in [5.74, 6) is 0.499. The van der Waals surface area contributed by atoms with E-state index in [1.165, 1.54) is 12.1 Å². The molecule has 27 heavy (non-hydrogen) atoms. The van der Waals surface area contributed by atoms with Gasteiger partial charge in [-0.2, -0.15) is 5.10 Å². The van der Waals surface area contributed by atoms with Gasteiger partial charge in [0.15, 0.2) is 0 Å². The molecule has 0 bridgehead atoms. The van der Waals surface area contributed by atoms with Crippen molar-refractivity contribution < 1.29 is 4.79 Å². The van der Waals surface area contributed by atoms with Crippen LogP contribution in [0.5, 0.6) is 0 Å². The lowest BCUT2D eigenvalue weighted by Gasteiger charge is -2.11. The van der Waals surface area contributed by atoms with E-state index in [0.717, 1.165) is 22.4 Å². The largest absolute Gasteiger partial charge is 0.337 e. The SMILES string of the molecule is Cc1cc(NNC(=O)Nc2cc(Cl)nc(Cl)c2)ncc1-c1cn(C)nc1C. The summed E-state index contributed by atoms with van der Waals surface area (Å²) in [5.41, 5.74) is 9.61. The van der Waals surface area contributed by atoms with Crippen molar-refractivity contribution in [1.29, 1.82) is 0 Å². The zero-order chi connectivity index (χ0) is 19.6. The normalized spacial score (nSPS) is 10.6. The highest BCUT2D eigenvalue weighted by atomic mass is 35.5. The second-order valence-electron chi connectivity index (χ2n) is 5.89. The molecule has 3 heterocycles. The molecule has 0 aliphatic heterocycles. The van der Waals surface area contributed by atoms with Gasteiger partial charge in [-0.25, -0.2) is 14.8 Å². The van der Waals surface area contributed by atoms with Crippen LogP contribution in [0, 0.1) is 13.8 Å². The number of amides is 2. The van der Waals surface area contributed by atoms with Crippen LogP contribution in [0.15, 0.2) is 30.6 Å². The minimum absolute atomic E-state index is 0.185. The topological polar surface area (TPSA) is 96.8 Å². The number of aromatic nitrogens is 4. The maximum Gasteiger partial charge on any atom is 0.337 e. The second kappa shape index (κ2) is 7.81. The van der Waals surface area contributed by atoms with Gasteiger partial charge in [-0.3, -0.25) is 15.5 Å². The van der Waals surface area contributed by atoms with Gasteiger partial charge in [-0.1, -0.05) is 23.2 Å². The van der Waals surface area contributed by atoms with E-state index in [-0.39, 0.29) is 10.3 Å². The smallest absolute Gasteiger partial charge is 0.306 e. The maximum absolute atomic E-state index is 12.0. The zero-order valence-corrected chi connectivity index (χ0v) is 16.4. The lowest BCUT2D eigenvalue weighted by molar-refractivity contribution is 0.254. The highest BCUT2D eigenvalue weighted by Gasteiger charge is 2.11. The molecule has 0 fully saturated rings. The Hall–Kier alpha value is -2.84. The third kappa shape index (κ3) is 4.66. The number of pyridine rings is 2. The van der Waals surface area contributed by atoms with Crippen molar-refractivity contribution in [1.82, 2.24) is 25.2 Å². The van der Waals surface area contributed by atoms with Crippen molar-refractivity contribution in [2.24, 2.45) is 7.05 Å². The van der Waals surface area contributed by atoms with Crippen LogP contribution >= 0.6 is 23.2 Å². The summed E-state index contributed by atoms with van der Waals surface area (Å²) >= 11 is 11.6. The van der Waals surface area contributed by atoms with Gasteiger partial charge in [0.2, 0.25) is 0 Å². The van der Waals surface area contributed by atoms with Crippen LogP contribution in [-0.4, -0.2) is 25.8 Å². The Balaban J connectivity index is 1.65.